The van der Waals surface area contributed by atoms with E-state index in [-0.39, 0.29) is 5.82 Å². The van der Waals surface area contributed by atoms with Crippen molar-refractivity contribution in [3.63, 3.8) is 0 Å². The first-order chi connectivity index (χ1) is 11.3. The normalized spacial score (nSPS) is 10.8. The van der Waals surface area contributed by atoms with Crippen LogP contribution in [0.25, 0.3) is 16.7 Å². The van der Waals surface area contributed by atoms with Crippen LogP contribution in [-0.4, -0.2) is 19.7 Å². The number of nitrogens with zero attached hydrogens (tertiary/aromatic N) is 4. The summed E-state index contributed by atoms with van der Waals surface area (Å²) < 4.78 is 14.7. The van der Waals surface area contributed by atoms with Crippen LogP contribution in [0.3, 0.4) is 0 Å². The Morgan fingerprint density at radius 2 is 1.70 bits per heavy atom. The van der Waals surface area contributed by atoms with E-state index in [0.717, 1.165) is 16.8 Å². The van der Waals surface area contributed by atoms with Crippen molar-refractivity contribution < 1.29 is 4.39 Å². The first-order valence-corrected chi connectivity index (χ1v) is 7.08. The minimum absolute atomic E-state index is 0.286. The molecular formula is C17H12FN5. The van der Waals surface area contributed by atoms with Crippen molar-refractivity contribution in [2.45, 2.75) is 0 Å². The van der Waals surface area contributed by atoms with Gasteiger partial charge >= 0.3 is 0 Å². The van der Waals surface area contributed by atoms with Gasteiger partial charge in [-0.15, -0.1) is 0 Å². The number of fused-ring (bicyclic) bond motifs is 1. The van der Waals surface area contributed by atoms with Crippen molar-refractivity contribution in [3.8, 4) is 5.69 Å². The SMILES string of the molecule is Fc1ccc(-n2ncc3c(Nc4ccccc4)ncnc32)cc1. The summed E-state index contributed by atoms with van der Waals surface area (Å²) in [7, 11) is 0. The summed E-state index contributed by atoms with van der Waals surface area (Å²) in [6, 6.07) is 15.9. The van der Waals surface area contributed by atoms with E-state index < -0.39 is 0 Å². The predicted octanol–water partition coefficient (Wildman–Crippen LogP) is 3.70. The largest absolute Gasteiger partial charge is 0.340 e. The Bertz CT molecular complexity index is 948. The van der Waals surface area contributed by atoms with Gasteiger partial charge in [-0.2, -0.15) is 5.10 Å². The molecule has 0 aliphatic carbocycles. The third-order valence-electron chi connectivity index (χ3n) is 3.47. The lowest BCUT2D eigenvalue weighted by atomic mass is 10.3. The second-order valence-electron chi connectivity index (χ2n) is 4.98. The molecule has 1 N–H and O–H groups in total. The van der Waals surface area contributed by atoms with E-state index in [0.29, 0.717) is 11.5 Å². The molecule has 23 heavy (non-hydrogen) atoms. The van der Waals surface area contributed by atoms with Crippen LogP contribution >= 0.6 is 0 Å². The van der Waals surface area contributed by atoms with Crippen LogP contribution in [-0.2, 0) is 0 Å². The van der Waals surface area contributed by atoms with E-state index in [1.54, 1.807) is 23.0 Å². The summed E-state index contributed by atoms with van der Waals surface area (Å²) >= 11 is 0. The lowest BCUT2D eigenvalue weighted by Crippen LogP contribution is -1.99. The first kappa shape index (κ1) is 13.4. The number of rotatable bonds is 3. The Kier molecular flexibility index (Phi) is 3.20. The molecule has 0 saturated carbocycles. The van der Waals surface area contributed by atoms with E-state index in [4.69, 9.17) is 0 Å². The van der Waals surface area contributed by atoms with Gasteiger partial charge in [-0.25, -0.2) is 19.0 Å². The minimum atomic E-state index is -0.286. The Morgan fingerprint density at radius 1 is 0.913 bits per heavy atom. The highest BCUT2D eigenvalue weighted by molar-refractivity contribution is 5.89. The quantitative estimate of drug-likeness (QED) is 0.627. The molecular weight excluding hydrogens is 293 g/mol. The minimum Gasteiger partial charge on any atom is -0.340 e. The topological polar surface area (TPSA) is 55.6 Å². The van der Waals surface area contributed by atoms with E-state index in [9.17, 15) is 4.39 Å². The van der Waals surface area contributed by atoms with Crippen molar-refractivity contribution >= 4 is 22.5 Å². The molecule has 2 aromatic heterocycles. The van der Waals surface area contributed by atoms with Crippen molar-refractivity contribution in [1.82, 2.24) is 19.7 Å². The van der Waals surface area contributed by atoms with Gasteiger partial charge in [-0.05, 0) is 36.4 Å². The maximum absolute atomic E-state index is 13.1. The molecule has 4 rings (SSSR count). The molecule has 0 aliphatic rings. The number of nitrogens with one attached hydrogen (secondary N) is 1. The number of halogens is 1. The summed E-state index contributed by atoms with van der Waals surface area (Å²) in [5, 5.41) is 8.40. The average molecular weight is 305 g/mol. The van der Waals surface area contributed by atoms with Gasteiger partial charge in [0.1, 0.15) is 18.0 Å². The molecule has 0 spiro atoms. The van der Waals surface area contributed by atoms with Gasteiger partial charge in [0, 0.05) is 5.69 Å². The molecule has 0 amide bonds. The van der Waals surface area contributed by atoms with Gasteiger partial charge in [0.2, 0.25) is 0 Å². The molecule has 5 nitrogen and oxygen atoms in total. The molecule has 0 bridgehead atoms. The number of benzene rings is 2. The van der Waals surface area contributed by atoms with E-state index in [2.05, 4.69) is 20.4 Å². The third-order valence-corrected chi connectivity index (χ3v) is 3.47. The maximum atomic E-state index is 13.1. The van der Waals surface area contributed by atoms with E-state index >= 15 is 0 Å². The molecule has 2 aromatic carbocycles. The van der Waals surface area contributed by atoms with Gasteiger partial charge in [0.05, 0.1) is 17.3 Å². The Hall–Kier alpha value is -3.28. The summed E-state index contributed by atoms with van der Waals surface area (Å²) in [6.45, 7) is 0. The fraction of sp³-hybridized carbons (Fsp3) is 0. The lowest BCUT2D eigenvalue weighted by molar-refractivity contribution is 0.627. The van der Waals surface area contributed by atoms with Crippen molar-refractivity contribution in [2.24, 2.45) is 0 Å². The van der Waals surface area contributed by atoms with Gasteiger partial charge in [0.25, 0.3) is 0 Å². The molecule has 112 valence electrons. The van der Waals surface area contributed by atoms with Crippen molar-refractivity contribution in [3.05, 3.63) is 72.9 Å². The average Bonchev–Trinajstić information content (AvgIpc) is 3.02. The third kappa shape index (κ3) is 2.50. The van der Waals surface area contributed by atoms with Gasteiger partial charge in [0.15, 0.2) is 5.65 Å². The zero-order valence-corrected chi connectivity index (χ0v) is 12.0. The highest BCUT2D eigenvalue weighted by Gasteiger charge is 2.11. The van der Waals surface area contributed by atoms with Crippen LogP contribution in [0.2, 0.25) is 0 Å². The van der Waals surface area contributed by atoms with E-state index in [1.165, 1.54) is 18.5 Å². The monoisotopic (exact) mass is 305 g/mol. The highest BCUT2D eigenvalue weighted by atomic mass is 19.1. The predicted molar refractivity (Wildman–Crippen MR) is 86.3 cm³/mol. The summed E-state index contributed by atoms with van der Waals surface area (Å²) in [5.41, 5.74) is 2.33. The van der Waals surface area contributed by atoms with Gasteiger partial charge < -0.3 is 5.32 Å². The van der Waals surface area contributed by atoms with Crippen LogP contribution in [0.5, 0.6) is 0 Å². The zero-order chi connectivity index (χ0) is 15.6. The first-order valence-electron chi connectivity index (χ1n) is 7.08. The number of hydrogen-bond acceptors (Lipinski definition) is 4. The van der Waals surface area contributed by atoms with Gasteiger partial charge in [-0.3, -0.25) is 0 Å². The Balaban J connectivity index is 1.79. The smallest absolute Gasteiger partial charge is 0.168 e. The summed E-state index contributed by atoms with van der Waals surface area (Å²) in [5.74, 6) is 0.390. The fourth-order valence-electron chi connectivity index (χ4n) is 2.37. The number of hydrogen-bond donors (Lipinski definition) is 1. The van der Waals surface area contributed by atoms with Crippen LogP contribution < -0.4 is 5.32 Å². The van der Waals surface area contributed by atoms with Crippen LogP contribution in [0, 0.1) is 5.82 Å². The fourth-order valence-corrected chi connectivity index (χ4v) is 2.37. The second kappa shape index (κ2) is 5.49. The lowest BCUT2D eigenvalue weighted by Gasteiger charge is -2.06. The number of aromatic nitrogens is 4. The van der Waals surface area contributed by atoms with Crippen LogP contribution in [0.15, 0.2) is 67.1 Å². The van der Waals surface area contributed by atoms with Crippen LogP contribution in [0.1, 0.15) is 0 Å². The molecule has 0 unspecified atom stereocenters. The highest BCUT2D eigenvalue weighted by Crippen LogP contribution is 2.24. The van der Waals surface area contributed by atoms with Crippen molar-refractivity contribution in [1.29, 1.82) is 0 Å². The Labute approximate surface area is 131 Å². The van der Waals surface area contributed by atoms with E-state index in [1.807, 2.05) is 30.3 Å². The summed E-state index contributed by atoms with van der Waals surface area (Å²) in [6.07, 6.45) is 3.18. The van der Waals surface area contributed by atoms with Gasteiger partial charge in [-0.1, -0.05) is 18.2 Å². The van der Waals surface area contributed by atoms with Crippen LogP contribution in [0.4, 0.5) is 15.9 Å². The number of para-hydroxylation sites is 1. The molecule has 0 aliphatic heterocycles. The second-order valence-corrected chi connectivity index (χ2v) is 4.98. The Morgan fingerprint density at radius 3 is 2.48 bits per heavy atom. The molecule has 0 radical (unpaired) electrons. The zero-order valence-electron chi connectivity index (χ0n) is 12.0. The maximum Gasteiger partial charge on any atom is 0.168 e. The molecule has 0 atom stereocenters. The standard InChI is InChI=1S/C17H12FN5/c18-12-6-8-14(9-7-12)23-17-15(10-21-23)16(19-11-20-17)22-13-4-2-1-3-5-13/h1-11H,(H,19,20,22). The number of anilines is 2. The molecule has 4 aromatic rings. The molecule has 0 saturated heterocycles. The molecule has 6 heteroatoms. The molecule has 0 fully saturated rings. The molecule has 2 heterocycles. The van der Waals surface area contributed by atoms with Crippen molar-refractivity contribution in [2.75, 3.05) is 5.32 Å². The summed E-state index contributed by atoms with van der Waals surface area (Å²) in [4.78, 5) is 8.59.